The van der Waals surface area contributed by atoms with Gasteiger partial charge in [-0.25, -0.2) is 0 Å². The van der Waals surface area contributed by atoms with Crippen LogP contribution >= 0.6 is 37.8 Å². The van der Waals surface area contributed by atoms with Gasteiger partial charge in [-0.15, -0.1) is 0 Å². The molecule has 0 aliphatic carbocycles. The smallest absolute Gasteiger partial charge is 0.367 e. The molecule has 21 heteroatoms. The Labute approximate surface area is 427 Å². The van der Waals surface area contributed by atoms with E-state index in [0.717, 1.165) is 22.3 Å². The van der Waals surface area contributed by atoms with E-state index in [1.807, 2.05) is 38.1 Å². The van der Waals surface area contributed by atoms with E-state index in [-0.39, 0.29) is 60.9 Å². The summed E-state index contributed by atoms with van der Waals surface area (Å²) >= 11 is 0. The Morgan fingerprint density at radius 1 is 0.472 bits per heavy atom. The quantitative estimate of drug-likeness (QED) is 0.0570. The zero-order chi connectivity index (χ0) is 53.8. The molecule has 1 aliphatic rings. The van der Waals surface area contributed by atoms with Crippen LogP contribution in [0.4, 0.5) is 0 Å². The minimum absolute atomic E-state index is 0.0754. The largest absolute Gasteiger partial charge is 0.480 e. The predicted molar refractivity (Wildman–Crippen MR) is 287 cm³/mol. The third-order valence-electron chi connectivity index (χ3n) is 12.5. The fraction of sp³-hybridized carbons (Fsp3) is 0.529. The van der Waals surface area contributed by atoms with Crippen molar-refractivity contribution >= 4 is 48.4 Å². The molecule has 1 aliphatic heterocycles. The minimum Gasteiger partial charge on any atom is -0.480 e. The average Bonchev–Trinajstić information content (AvgIpc) is 3.58. The highest BCUT2D eigenvalue weighted by atomic mass is 31.2. The molecule has 0 spiro atoms. The van der Waals surface area contributed by atoms with Crippen molar-refractivity contribution in [2.45, 2.75) is 106 Å². The fourth-order valence-electron chi connectivity index (χ4n) is 8.72. The monoisotopic (exact) mass is 1100 g/mol. The molecule has 0 aromatic heterocycles. The van der Waals surface area contributed by atoms with Gasteiger partial charge in [-0.2, -0.15) is 0 Å². The van der Waals surface area contributed by atoms with E-state index in [2.05, 4.69) is 41.5 Å². The van der Waals surface area contributed by atoms with E-state index in [4.69, 9.17) is 50.2 Å². The van der Waals surface area contributed by atoms with E-state index < -0.39 is 61.3 Å². The molecule has 4 aromatic carbocycles. The van der Waals surface area contributed by atoms with Gasteiger partial charge in [0.05, 0.1) is 49.4 Å². The summed E-state index contributed by atoms with van der Waals surface area (Å²) in [7, 11) is -13.2. The Balaban J connectivity index is 2.06. The lowest BCUT2D eigenvalue weighted by Crippen LogP contribution is -2.20. The highest BCUT2D eigenvalue weighted by molar-refractivity contribution is 7.76. The van der Waals surface area contributed by atoms with Crippen molar-refractivity contribution in [2.75, 3.05) is 74.7 Å². The standard InChI is InChI=1S/C51H75O16P5/c1-18-64-70(54,65-19-2)32-62-44-24-22-38-39-23-25-45(63-33-71(55,66-20-3)67-21-4)47(41-29-37(51(10,11)12)27-35(6)43(41)31-69(53,59-15)60-16)49(39)72(56,61-17)48(38)46(44)40-28-36(50(7,8)9)26-34(5)42(40)30-68(52,57-13)58-14/h22-29H,18-21,30-33H2,1-17H3. The molecule has 0 bridgehead atoms. The first-order valence-corrected chi connectivity index (χ1v) is 32.4. The normalized spacial score (nSPS) is 14.1. The second-order valence-electron chi connectivity index (χ2n) is 19.3. The SMILES string of the molecule is CCOP(=O)(COc1ccc2c(c1-c1cc(C(C)(C)C)cc(C)c1CP(=O)(OC)OC)P(=O)(OC)c1c-2ccc(OCP(=O)(OCC)OCC)c1-c1cc(C(C)(C)C)cc(C)c1CP(=O)(OC)OC)OCC. The number of aryl methyl sites for hydroxylation is 2. The second kappa shape index (κ2) is 23.7. The molecule has 72 heavy (non-hydrogen) atoms. The molecule has 4 aromatic rings. The van der Waals surface area contributed by atoms with E-state index in [1.165, 1.54) is 35.5 Å². The number of ether oxygens (including phenoxy) is 2. The van der Waals surface area contributed by atoms with Gasteiger partial charge in [0, 0.05) is 46.7 Å². The van der Waals surface area contributed by atoms with Crippen LogP contribution in [-0.4, -0.2) is 74.7 Å². The van der Waals surface area contributed by atoms with Crippen molar-refractivity contribution in [1.82, 2.24) is 0 Å². The number of benzene rings is 4. The van der Waals surface area contributed by atoms with Gasteiger partial charge in [-0.3, -0.25) is 22.8 Å². The maximum Gasteiger partial charge on any atom is 0.367 e. The van der Waals surface area contributed by atoms with Gasteiger partial charge in [0.2, 0.25) is 0 Å². The molecule has 0 radical (unpaired) electrons. The van der Waals surface area contributed by atoms with Crippen LogP contribution < -0.4 is 20.1 Å². The molecule has 0 N–H and O–H groups in total. The van der Waals surface area contributed by atoms with Crippen molar-refractivity contribution in [1.29, 1.82) is 0 Å². The number of rotatable bonds is 25. The Kier molecular flexibility index (Phi) is 19.8. The van der Waals surface area contributed by atoms with Crippen LogP contribution in [0.5, 0.6) is 11.5 Å². The number of fused-ring (bicyclic) bond motifs is 3. The summed E-state index contributed by atoms with van der Waals surface area (Å²) in [6.07, 6.45) is -1.42. The fourth-order valence-corrected chi connectivity index (χ4v) is 16.4. The Morgan fingerprint density at radius 3 is 1.06 bits per heavy atom. The van der Waals surface area contributed by atoms with Crippen LogP contribution in [0.15, 0.2) is 48.5 Å². The third-order valence-corrected chi connectivity index (χ3v) is 22.3. The van der Waals surface area contributed by atoms with Crippen molar-refractivity contribution < 1.29 is 73.0 Å². The molecule has 5 rings (SSSR count). The van der Waals surface area contributed by atoms with Gasteiger partial charge in [0.1, 0.15) is 11.5 Å². The number of hydrogen-bond donors (Lipinski definition) is 0. The second-order valence-corrected chi connectivity index (χ2v) is 30.1. The predicted octanol–water partition coefficient (Wildman–Crippen LogP) is 14.3. The lowest BCUT2D eigenvalue weighted by atomic mass is 9.81. The van der Waals surface area contributed by atoms with Gasteiger partial charge >= 0.3 is 30.4 Å². The van der Waals surface area contributed by atoms with Crippen LogP contribution in [0.25, 0.3) is 33.4 Å². The lowest BCUT2D eigenvalue weighted by molar-refractivity contribution is 0.196. The van der Waals surface area contributed by atoms with Crippen molar-refractivity contribution in [2.24, 2.45) is 0 Å². The first-order valence-electron chi connectivity index (χ1n) is 23.9. The summed E-state index contributed by atoms with van der Waals surface area (Å²) in [5.74, 6) is 0.296. The summed E-state index contributed by atoms with van der Waals surface area (Å²) in [5.41, 5.74) is 5.99. The van der Waals surface area contributed by atoms with Crippen LogP contribution in [-0.2, 0) is 86.7 Å². The van der Waals surface area contributed by atoms with Gasteiger partial charge < -0.3 is 50.2 Å². The van der Waals surface area contributed by atoms with Crippen molar-refractivity contribution in [3.05, 3.63) is 81.9 Å². The van der Waals surface area contributed by atoms with Crippen LogP contribution in [0.2, 0.25) is 0 Å². The van der Waals surface area contributed by atoms with E-state index in [9.17, 15) is 18.3 Å². The molecular weight excluding hydrogens is 1020 g/mol. The minimum atomic E-state index is -4.47. The molecule has 0 atom stereocenters. The van der Waals surface area contributed by atoms with Gasteiger partial charge in [0.15, 0.2) is 12.7 Å². The zero-order valence-corrected chi connectivity index (χ0v) is 49.5. The lowest BCUT2D eigenvalue weighted by Gasteiger charge is -2.28. The maximum atomic E-state index is 17.1. The van der Waals surface area contributed by atoms with E-state index in [1.54, 1.807) is 52.0 Å². The Bertz CT molecular complexity index is 2640. The van der Waals surface area contributed by atoms with Crippen molar-refractivity contribution in [3.63, 3.8) is 0 Å². The van der Waals surface area contributed by atoms with Gasteiger partial charge in [0.25, 0.3) is 7.37 Å². The maximum absolute atomic E-state index is 17.1. The van der Waals surface area contributed by atoms with Gasteiger partial charge in [-0.05, 0) is 132 Å². The third kappa shape index (κ3) is 12.7. The molecule has 0 amide bonds. The molecule has 16 nitrogen and oxygen atoms in total. The molecule has 0 saturated heterocycles. The first-order chi connectivity index (χ1) is 33.6. The summed E-state index contributed by atoms with van der Waals surface area (Å²) in [6.45, 7) is 23.3. The molecule has 0 unspecified atom stereocenters. The molecular formula is C51H75O16P5. The van der Waals surface area contributed by atoms with Crippen LogP contribution in [0.3, 0.4) is 0 Å². The van der Waals surface area contributed by atoms with Gasteiger partial charge in [-0.1, -0.05) is 65.8 Å². The van der Waals surface area contributed by atoms with Crippen LogP contribution in [0, 0.1) is 13.8 Å². The number of hydrogen-bond acceptors (Lipinski definition) is 16. The van der Waals surface area contributed by atoms with E-state index >= 15 is 4.57 Å². The Morgan fingerprint density at radius 2 is 0.792 bits per heavy atom. The topological polar surface area (TPSA) is 187 Å². The molecule has 0 fully saturated rings. The molecule has 0 saturated carbocycles. The zero-order valence-electron chi connectivity index (χ0n) is 45.0. The van der Waals surface area contributed by atoms with Crippen LogP contribution in [0.1, 0.15) is 103 Å². The average molecular weight is 1100 g/mol. The molecule has 1 heterocycles. The Hall–Kier alpha value is -2.73. The highest BCUT2D eigenvalue weighted by Crippen LogP contribution is 2.63. The summed E-state index contributed by atoms with van der Waals surface area (Å²) < 4.78 is 138. The van der Waals surface area contributed by atoms with Crippen molar-refractivity contribution in [3.8, 4) is 44.9 Å². The summed E-state index contributed by atoms with van der Waals surface area (Å²) in [4.78, 5) is 0. The summed E-state index contributed by atoms with van der Waals surface area (Å²) in [5, 5.41) is 0.433. The first kappa shape index (κ1) is 60.1. The highest BCUT2D eigenvalue weighted by Gasteiger charge is 2.47. The van der Waals surface area contributed by atoms with E-state index in [0.29, 0.717) is 44.5 Å². The summed E-state index contributed by atoms with van der Waals surface area (Å²) in [6, 6.07) is 14.8. The molecule has 400 valence electrons.